The molecule has 0 atom stereocenters. The zero-order chi connectivity index (χ0) is 32.6. The fraction of sp³-hybridized carbons (Fsp3) is 0.361. The van der Waals surface area contributed by atoms with E-state index in [-0.39, 0.29) is 12.6 Å². The number of likely N-dealkylation sites (N-methyl/N-ethyl adjacent to an activating group) is 1. The molecule has 5 aromatic rings. The van der Waals surface area contributed by atoms with E-state index >= 15 is 0 Å². The summed E-state index contributed by atoms with van der Waals surface area (Å²) in [6, 6.07) is 24.1. The minimum Gasteiger partial charge on any atom is -0.456 e. The Bertz CT molecular complexity index is 1750. The number of hydrogen-bond acceptors (Lipinski definition) is 8. The van der Waals surface area contributed by atoms with E-state index in [1.165, 1.54) is 5.56 Å². The molecule has 11 heteroatoms. The maximum atomic E-state index is 13.1. The fourth-order valence-corrected chi connectivity index (χ4v) is 6.17. The Kier molecular flexibility index (Phi) is 10.7. The highest BCUT2D eigenvalue weighted by Gasteiger charge is 2.19. The third-order valence-corrected chi connectivity index (χ3v) is 9.12. The van der Waals surface area contributed by atoms with Crippen molar-refractivity contribution in [2.45, 2.75) is 45.8 Å². The lowest BCUT2D eigenvalue weighted by Gasteiger charge is -2.32. The Hall–Kier alpha value is -4.38. The van der Waals surface area contributed by atoms with Crippen LogP contribution < -0.4 is 0 Å². The molecular formula is C36H41ClN8O2. The Morgan fingerprint density at radius 1 is 0.915 bits per heavy atom. The van der Waals surface area contributed by atoms with Crippen LogP contribution in [0, 0.1) is 0 Å². The Morgan fingerprint density at radius 2 is 1.64 bits per heavy atom. The summed E-state index contributed by atoms with van der Waals surface area (Å²) in [5.74, 6) is 1.06. The Balaban J connectivity index is 1.12. The van der Waals surface area contributed by atoms with Crippen LogP contribution in [0.1, 0.15) is 52.8 Å². The molecule has 1 aliphatic heterocycles. The molecule has 1 fully saturated rings. The summed E-state index contributed by atoms with van der Waals surface area (Å²) in [6.07, 6.45) is 3.77. The number of imidazole rings is 1. The van der Waals surface area contributed by atoms with Crippen molar-refractivity contribution in [1.82, 2.24) is 40.0 Å². The molecular weight excluding hydrogens is 612 g/mol. The predicted octanol–water partition coefficient (Wildman–Crippen LogP) is 5.92. The Labute approximate surface area is 280 Å². The number of carbonyl (C=O) groups excluding carboxylic acids is 1. The van der Waals surface area contributed by atoms with Gasteiger partial charge < -0.3 is 19.1 Å². The van der Waals surface area contributed by atoms with Gasteiger partial charge >= 0.3 is 5.97 Å². The van der Waals surface area contributed by atoms with Gasteiger partial charge in [-0.1, -0.05) is 85.6 Å². The van der Waals surface area contributed by atoms with Crippen LogP contribution in [0.3, 0.4) is 0 Å². The smallest absolute Gasteiger partial charge is 0.338 e. The van der Waals surface area contributed by atoms with Crippen molar-refractivity contribution >= 4 is 17.6 Å². The van der Waals surface area contributed by atoms with Gasteiger partial charge in [0.25, 0.3) is 0 Å². The number of unbranched alkanes of at least 4 members (excludes halogenated alkanes) is 1. The van der Waals surface area contributed by atoms with E-state index in [9.17, 15) is 4.79 Å². The number of halogens is 1. The first-order valence-corrected chi connectivity index (χ1v) is 16.7. The summed E-state index contributed by atoms with van der Waals surface area (Å²) >= 11 is 6.67. The monoisotopic (exact) mass is 652 g/mol. The molecule has 1 N–H and O–H groups in total. The number of aromatic nitrogens is 6. The summed E-state index contributed by atoms with van der Waals surface area (Å²) in [4.78, 5) is 22.6. The molecule has 0 aliphatic carbocycles. The number of hydrogen-bond donors (Lipinski definition) is 1. The number of aromatic amines is 1. The average molecular weight is 653 g/mol. The third kappa shape index (κ3) is 8.13. The molecule has 1 aliphatic rings. The molecule has 6 rings (SSSR count). The number of nitrogens with zero attached hydrogens (tertiary/aromatic N) is 7. The van der Waals surface area contributed by atoms with Crippen LogP contribution in [-0.2, 0) is 30.7 Å². The molecule has 1 saturated heterocycles. The van der Waals surface area contributed by atoms with Gasteiger partial charge in [-0.15, -0.1) is 10.2 Å². The normalized spacial score (nSPS) is 14.0. The van der Waals surface area contributed by atoms with Gasteiger partial charge in [0, 0.05) is 51.3 Å². The van der Waals surface area contributed by atoms with Crippen molar-refractivity contribution in [3.05, 3.63) is 106 Å². The number of rotatable bonds is 13. The first-order chi connectivity index (χ1) is 23.0. The van der Waals surface area contributed by atoms with Gasteiger partial charge in [-0.25, -0.2) is 9.78 Å². The van der Waals surface area contributed by atoms with E-state index in [1.807, 2.05) is 48.5 Å². The summed E-state index contributed by atoms with van der Waals surface area (Å²) < 4.78 is 7.90. The van der Waals surface area contributed by atoms with Crippen molar-refractivity contribution < 1.29 is 9.53 Å². The average Bonchev–Trinajstić information content (AvgIpc) is 3.75. The summed E-state index contributed by atoms with van der Waals surface area (Å²) in [6.45, 7) is 8.19. The number of piperazine rings is 1. The highest BCUT2D eigenvalue weighted by Crippen LogP contribution is 2.30. The number of nitrogens with one attached hydrogen (secondary N) is 1. The van der Waals surface area contributed by atoms with Crippen molar-refractivity contribution in [1.29, 1.82) is 0 Å². The van der Waals surface area contributed by atoms with Gasteiger partial charge in [-0.05, 0) is 59.5 Å². The van der Waals surface area contributed by atoms with Crippen molar-refractivity contribution in [2.75, 3.05) is 39.8 Å². The van der Waals surface area contributed by atoms with Crippen LogP contribution in [-0.4, -0.2) is 85.7 Å². The molecule has 3 heterocycles. The molecule has 10 nitrogen and oxygen atoms in total. The third-order valence-electron chi connectivity index (χ3n) is 8.82. The highest BCUT2D eigenvalue weighted by molar-refractivity contribution is 6.30. The maximum absolute atomic E-state index is 13.1. The second-order valence-corrected chi connectivity index (χ2v) is 12.5. The number of aryl methyl sites for hydroxylation is 1. The first-order valence-electron chi connectivity index (χ1n) is 16.3. The minimum atomic E-state index is -0.376. The van der Waals surface area contributed by atoms with Crippen LogP contribution in [0.2, 0.25) is 5.15 Å². The molecule has 47 heavy (non-hydrogen) atoms. The topological polar surface area (TPSA) is 105 Å². The lowest BCUT2D eigenvalue weighted by Crippen LogP contribution is -2.45. The van der Waals surface area contributed by atoms with Crippen molar-refractivity contribution in [2.24, 2.45) is 0 Å². The van der Waals surface area contributed by atoms with E-state index in [2.05, 4.69) is 78.2 Å². The number of tetrazole rings is 1. The number of benzene rings is 3. The predicted molar refractivity (Wildman–Crippen MR) is 183 cm³/mol. The molecule has 0 unspecified atom stereocenters. The number of H-pyrrole nitrogens is 1. The first kappa shape index (κ1) is 32.6. The van der Waals surface area contributed by atoms with Crippen LogP contribution in [0.5, 0.6) is 0 Å². The SMILES string of the molecule is CCCCc1nc(Cl)c(COC(=O)c2ccc(CCN3CCN(C)CC3)cc2)n1Cc1ccc(-c2ccccc2-c2nn[nH]n2)cc1. The summed E-state index contributed by atoms with van der Waals surface area (Å²) in [7, 11) is 2.17. The van der Waals surface area contributed by atoms with Gasteiger partial charge in [0.1, 0.15) is 12.4 Å². The minimum absolute atomic E-state index is 0.0398. The summed E-state index contributed by atoms with van der Waals surface area (Å²) in [5, 5.41) is 14.9. The van der Waals surface area contributed by atoms with Gasteiger partial charge in [-0.2, -0.15) is 5.21 Å². The van der Waals surface area contributed by atoms with Crippen LogP contribution in [0.25, 0.3) is 22.5 Å². The second kappa shape index (κ2) is 15.5. The zero-order valence-corrected chi connectivity index (χ0v) is 27.8. The van der Waals surface area contributed by atoms with Crippen LogP contribution >= 0.6 is 11.6 Å². The van der Waals surface area contributed by atoms with E-state index in [0.717, 1.165) is 86.5 Å². The zero-order valence-electron chi connectivity index (χ0n) is 27.0. The van der Waals surface area contributed by atoms with Crippen LogP contribution in [0.4, 0.5) is 0 Å². The molecule has 244 valence electrons. The molecule has 0 spiro atoms. The van der Waals surface area contributed by atoms with E-state index in [1.54, 1.807) is 0 Å². The van der Waals surface area contributed by atoms with Crippen molar-refractivity contribution in [3.8, 4) is 22.5 Å². The molecule has 2 aromatic heterocycles. The molecule has 0 saturated carbocycles. The Morgan fingerprint density at radius 3 is 2.34 bits per heavy atom. The largest absolute Gasteiger partial charge is 0.456 e. The van der Waals surface area contributed by atoms with E-state index in [0.29, 0.717) is 28.8 Å². The van der Waals surface area contributed by atoms with Gasteiger partial charge in [0.05, 0.1) is 11.3 Å². The number of carbonyl (C=O) groups is 1. The summed E-state index contributed by atoms with van der Waals surface area (Å²) in [5.41, 5.74) is 6.49. The van der Waals surface area contributed by atoms with Crippen LogP contribution in [0.15, 0.2) is 72.8 Å². The fourth-order valence-electron chi connectivity index (χ4n) is 5.92. The lowest BCUT2D eigenvalue weighted by molar-refractivity contribution is 0.0464. The second-order valence-electron chi connectivity index (χ2n) is 12.1. The van der Waals surface area contributed by atoms with E-state index < -0.39 is 0 Å². The lowest BCUT2D eigenvalue weighted by atomic mass is 9.98. The van der Waals surface area contributed by atoms with Gasteiger partial charge in [0.2, 0.25) is 5.82 Å². The standard InChI is InChI=1S/C36H41ClN8O2/c1-3-4-9-33-38-34(37)32(25-47-36(46)29-16-10-26(11-17-29)18-19-44-22-20-43(2)21-23-44)45(33)24-27-12-14-28(15-13-27)30-7-5-6-8-31(30)35-39-41-42-40-35/h5-8,10-17H,3-4,9,18-25H2,1-2H3,(H,39,40,41,42). The van der Waals surface area contributed by atoms with Crippen molar-refractivity contribution in [3.63, 3.8) is 0 Å². The number of esters is 1. The van der Waals surface area contributed by atoms with E-state index in [4.69, 9.17) is 16.3 Å². The molecule has 0 bridgehead atoms. The molecule has 0 amide bonds. The maximum Gasteiger partial charge on any atom is 0.338 e. The quantitative estimate of drug-likeness (QED) is 0.156. The molecule has 3 aromatic carbocycles. The molecule has 0 radical (unpaired) electrons. The van der Waals surface area contributed by atoms with Gasteiger partial charge in [-0.3, -0.25) is 0 Å². The van der Waals surface area contributed by atoms with Gasteiger partial charge in [0.15, 0.2) is 5.15 Å². The highest BCUT2D eigenvalue weighted by atomic mass is 35.5. The number of ether oxygens (including phenoxy) is 1.